The van der Waals surface area contributed by atoms with Crippen LogP contribution >= 0.6 is 0 Å². The molecule has 19 heavy (non-hydrogen) atoms. The average Bonchev–Trinajstić information content (AvgIpc) is 2.46. The summed E-state index contributed by atoms with van der Waals surface area (Å²) in [5, 5.41) is 0. The third-order valence-electron chi connectivity index (χ3n) is 3.50. The number of rotatable bonds is 2. The highest BCUT2D eigenvalue weighted by Gasteiger charge is 2.14. The first-order valence-electron chi connectivity index (χ1n) is 6.50. The smallest absolute Gasteiger partial charge is 0.146 e. The van der Waals surface area contributed by atoms with Crippen molar-refractivity contribution in [1.29, 1.82) is 0 Å². The molecule has 0 saturated heterocycles. The normalized spacial score (nSPS) is 13.6. The predicted octanol–water partition coefficient (Wildman–Crippen LogP) is 3.92. The van der Waals surface area contributed by atoms with Crippen LogP contribution in [0.1, 0.15) is 12.0 Å². The second kappa shape index (κ2) is 4.92. The van der Waals surface area contributed by atoms with Crippen molar-refractivity contribution >= 4 is 11.4 Å². The SMILES string of the molecule is CN(c1ccc2c(c1)OCCC2)c1ccccc1F. The van der Waals surface area contributed by atoms with Gasteiger partial charge in [0, 0.05) is 18.8 Å². The van der Waals surface area contributed by atoms with Crippen LogP contribution in [0.25, 0.3) is 0 Å². The molecule has 1 aliphatic rings. The van der Waals surface area contributed by atoms with Crippen molar-refractivity contribution in [3.05, 3.63) is 53.8 Å². The molecule has 1 aliphatic heterocycles. The summed E-state index contributed by atoms with van der Waals surface area (Å²) in [6, 6.07) is 12.9. The zero-order valence-electron chi connectivity index (χ0n) is 10.9. The van der Waals surface area contributed by atoms with E-state index in [1.54, 1.807) is 12.1 Å². The molecular weight excluding hydrogens is 241 g/mol. The number of hydrogen-bond donors (Lipinski definition) is 0. The van der Waals surface area contributed by atoms with E-state index >= 15 is 0 Å². The number of nitrogens with zero attached hydrogens (tertiary/aromatic N) is 1. The van der Waals surface area contributed by atoms with Crippen LogP contribution in [-0.4, -0.2) is 13.7 Å². The first-order valence-corrected chi connectivity index (χ1v) is 6.50. The van der Waals surface area contributed by atoms with Crippen LogP contribution in [0.15, 0.2) is 42.5 Å². The van der Waals surface area contributed by atoms with E-state index in [2.05, 4.69) is 6.07 Å². The summed E-state index contributed by atoms with van der Waals surface area (Å²) in [7, 11) is 1.86. The third kappa shape index (κ3) is 2.28. The Balaban J connectivity index is 1.96. The Morgan fingerprint density at radius 3 is 2.84 bits per heavy atom. The molecule has 0 fully saturated rings. The lowest BCUT2D eigenvalue weighted by Crippen LogP contribution is -2.13. The van der Waals surface area contributed by atoms with Gasteiger partial charge in [-0.15, -0.1) is 0 Å². The first-order chi connectivity index (χ1) is 9.25. The van der Waals surface area contributed by atoms with Crippen molar-refractivity contribution < 1.29 is 9.13 Å². The molecule has 2 nitrogen and oxygen atoms in total. The molecule has 0 N–H and O–H groups in total. The van der Waals surface area contributed by atoms with Gasteiger partial charge in [0.05, 0.1) is 12.3 Å². The zero-order chi connectivity index (χ0) is 13.2. The minimum Gasteiger partial charge on any atom is -0.493 e. The molecule has 0 unspecified atom stereocenters. The van der Waals surface area contributed by atoms with Gasteiger partial charge in [0.15, 0.2) is 0 Å². The second-order valence-corrected chi connectivity index (χ2v) is 4.75. The van der Waals surface area contributed by atoms with Crippen LogP contribution in [0, 0.1) is 5.82 Å². The maximum Gasteiger partial charge on any atom is 0.146 e. The Kier molecular flexibility index (Phi) is 3.11. The number of anilines is 2. The minimum absolute atomic E-state index is 0.219. The molecule has 0 spiro atoms. The van der Waals surface area contributed by atoms with Gasteiger partial charge in [-0.2, -0.15) is 0 Å². The molecule has 1 heterocycles. The maximum atomic E-state index is 13.8. The Bertz CT molecular complexity index is 597. The Morgan fingerprint density at radius 2 is 2.00 bits per heavy atom. The first kappa shape index (κ1) is 12.0. The van der Waals surface area contributed by atoms with E-state index in [-0.39, 0.29) is 5.82 Å². The lowest BCUT2D eigenvalue weighted by Gasteiger charge is -2.23. The van der Waals surface area contributed by atoms with Gasteiger partial charge in [-0.05, 0) is 36.6 Å². The van der Waals surface area contributed by atoms with Gasteiger partial charge >= 0.3 is 0 Å². The highest BCUT2D eigenvalue weighted by molar-refractivity contribution is 5.65. The highest BCUT2D eigenvalue weighted by Crippen LogP contribution is 2.32. The topological polar surface area (TPSA) is 12.5 Å². The molecule has 0 atom stereocenters. The van der Waals surface area contributed by atoms with Crippen molar-refractivity contribution in [3.63, 3.8) is 0 Å². The monoisotopic (exact) mass is 257 g/mol. The van der Waals surface area contributed by atoms with Gasteiger partial charge in [0.2, 0.25) is 0 Å². The summed E-state index contributed by atoms with van der Waals surface area (Å²) in [6.45, 7) is 0.764. The molecule has 3 rings (SSSR count). The van der Waals surface area contributed by atoms with E-state index in [1.165, 1.54) is 11.6 Å². The van der Waals surface area contributed by atoms with E-state index in [1.807, 2.05) is 30.1 Å². The lowest BCUT2D eigenvalue weighted by atomic mass is 10.1. The summed E-state index contributed by atoms with van der Waals surface area (Å²) < 4.78 is 19.5. The standard InChI is InChI=1S/C16H16FNO/c1-18(15-7-3-2-6-14(15)17)13-9-8-12-5-4-10-19-16(12)11-13/h2-3,6-9,11H,4-5,10H2,1H3. The van der Waals surface area contributed by atoms with E-state index in [0.717, 1.165) is 30.9 Å². The fourth-order valence-corrected chi connectivity index (χ4v) is 2.40. The van der Waals surface area contributed by atoms with Gasteiger partial charge in [-0.25, -0.2) is 4.39 Å². The van der Waals surface area contributed by atoms with Gasteiger partial charge in [0.1, 0.15) is 11.6 Å². The van der Waals surface area contributed by atoms with Gasteiger partial charge in [0.25, 0.3) is 0 Å². The summed E-state index contributed by atoms with van der Waals surface area (Å²) in [5.41, 5.74) is 2.74. The van der Waals surface area contributed by atoms with Crippen LogP contribution in [0.3, 0.4) is 0 Å². The van der Waals surface area contributed by atoms with Crippen molar-refractivity contribution in [3.8, 4) is 5.75 Å². The van der Waals surface area contributed by atoms with Crippen LogP contribution < -0.4 is 9.64 Å². The second-order valence-electron chi connectivity index (χ2n) is 4.75. The Hall–Kier alpha value is -2.03. The van der Waals surface area contributed by atoms with E-state index < -0.39 is 0 Å². The van der Waals surface area contributed by atoms with Crippen molar-refractivity contribution in [2.45, 2.75) is 12.8 Å². The molecule has 3 heteroatoms. The number of para-hydroxylation sites is 1. The quantitative estimate of drug-likeness (QED) is 0.808. The number of benzene rings is 2. The fourth-order valence-electron chi connectivity index (χ4n) is 2.40. The average molecular weight is 257 g/mol. The molecule has 0 radical (unpaired) electrons. The summed E-state index contributed by atoms with van der Waals surface area (Å²) in [5.74, 6) is 0.704. The van der Waals surface area contributed by atoms with Crippen LogP contribution in [0.2, 0.25) is 0 Å². The molecule has 98 valence electrons. The molecular formula is C16H16FNO. The van der Waals surface area contributed by atoms with Crippen molar-refractivity contribution in [2.24, 2.45) is 0 Å². The fraction of sp³-hybridized carbons (Fsp3) is 0.250. The molecule has 0 aromatic heterocycles. The molecule has 0 aliphatic carbocycles. The number of fused-ring (bicyclic) bond motifs is 1. The summed E-state index contributed by atoms with van der Waals surface area (Å²) in [6.07, 6.45) is 2.12. The summed E-state index contributed by atoms with van der Waals surface area (Å²) >= 11 is 0. The number of ether oxygens (including phenoxy) is 1. The minimum atomic E-state index is -0.219. The van der Waals surface area contributed by atoms with Gasteiger partial charge < -0.3 is 9.64 Å². The number of aryl methyl sites for hydroxylation is 1. The van der Waals surface area contributed by atoms with E-state index in [0.29, 0.717) is 5.69 Å². The molecule has 2 aromatic rings. The van der Waals surface area contributed by atoms with Crippen LogP contribution in [0.4, 0.5) is 15.8 Å². The molecule has 0 saturated carbocycles. The highest BCUT2D eigenvalue weighted by atomic mass is 19.1. The Morgan fingerprint density at radius 1 is 1.16 bits per heavy atom. The van der Waals surface area contributed by atoms with Crippen molar-refractivity contribution in [1.82, 2.24) is 0 Å². The number of halogens is 1. The van der Waals surface area contributed by atoms with Crippen molar-refractivity contribution in [2.75, 3.05) is 18.6 Å². The largest absolute Gasteiger partial charge is 0.493 e. The molecule has 0 amide bonds. The van der Waals surface area contributed by atoms with Crippen LogP contribution in [0.5, 0.6) is 5.75 Å². The Labute approximate surface area is 112 Å². The van der Waals surface area contributed by atoms with E-state index in [9.17, 15) is 4.39 Å². The summed E-state index contributed by atoms with van der Waals surface area (Å²) in [4.78, 5) is 1.84. The number of hydrogen-bond acceptors (Lipinski definition) is 2. The van der Waals surface area contributed by atoms with Gasteiger partial charge in [-0.1, -0.05) is 18.2 Å². The third-order valence-corrected chi connectivity index (χ3v) is 3.50. The maximum absolute atomic E-state index is 13.8. The van der Waals surface area contributed by atoms with E-state index in [4.69, 9.17) is 4.74 Å². The van der Waals surface area contributed by atoms with Crippen LogP contribution in [-0.2, 0) is 6.42 Å². The predicted molar refractivity (Wildman–Crippen MR) is 74.7 cm³/mol. The lowest BCUT2D eigenvalue weighted by molar-refractivity contribution is 0.288. The molecule has 0 bridgehead atoms. The zero-order valence-corrected chi connectivity index (χ0v) is 10.9. The van der Waals surface area contributed by atoms with Gasteiger partial charge in [-0.3, -0.25) is 0 Å². The molecule has 2 aromatic carbocycles.